The van der Waals surface area contributed by atoms with Gasteiger partial charge in [0.25, 0.3) is 5.91 Å². The molecule has 6 nitrogen and oxygen atoms in total. The van der Waals surface area contributed by atoms with E-state index in [9.17, 15) is 4.79 Å². The summed E-state index contributed by atoms with van der Waals surface area (Å²) in [6.45, 7) is 5.60. The lowest BCUT2D eigenvalue weighted by Crippen LogP contribution is -2.35. The van der Waals surface area contributed by atoms with Gasteiger partial charge in [-0.3, -0.25) is 4.79 Å². The highest BCUT2D eigenvalue weighted by atomic mass is 16.2. The first-order valence-electron chi connectivity index (χ1n) is 10.2. The summed E-state index contributed by atoms with van der Waals surface area (Å²) in [6.07, 6.45) is 7.29. The quantitative estimate of drug-likeness (QED) is 0.817. The monoisotopic (exact) mass is 367 g/mol. The van der Waals surface area contributed by atoms with Gasteiger partial charge in [0.05, 0.1) is 12.2 Å². The first-order valence-corrected chi connectivity index (χ1v) is 10.2. The number of nitrogens with zero attached hydrogens (tertiary/aromatic N) is 4. The molecule has 4 rings (SSSR count). The Morgan fingerprint density at radius 3 is 2.63 bits per heavy atom. The molecule has 1 aromatic heterocycles. The normalized spacial score (nSPS) is 19.7. The summed E-state index contributed by atoms with van der Waals surface area (Å²) in [5.74, 6) is 0.503. The van der Waals surface area contributed by atoms with Crippen LogP contribution in [0.25, 0.3) is 0 Å². The maximum Gasteiger partial charge on any atom is 0.273 e. The highest BCUT2D eigenvalue weighted by Crippen LogP contribution is 2.24. The van der Waals surface area contributed by atoms with Crippen LogP contribution in [0.4, 0.5) is 0 Å². The molecule has 1 saturated heterocycles. The fourth-order valence-corrected chi connectivity index (χ4v) is 3.78. The Morgan fingerprint density at radius 2 is 1.93 bits per heavy atom. The molecule has 2 heterocycles. The van der Waals surface area contributed by atoms with Gasteiger partial charge in [-0.2, -0.15) is 0 Å². The van der Waals surface area contributed by atoms with Crippen molar-refractivity contribution in [1.29, 1.82) is 0 Å². The maximum absolute atomic E-state index is 12.1. The lowest BCUT2D eigenvalue weighted by Gasteiger charge is -2.32. The molecule has 1 saturated carbocycles. The summed E-state index contributed by atoms with van der Waals surface area (Å²) < 4.78 is 1.89. The minimum absolute atomic E-state index is 0.0870. The number of carbonyl (C=O) groups is 1. The van der Waals surface area contributed by atoms with E-state index in [1.165, 1.54) is 12.0 Å². The molecular weight excluding hydrogens is 338 g/mol. The second kappa shape index (κ2) is 8.21. The molecule has 0 bridgehead atoms. The maximum atomic E-state index is 12.1. The van der Waals surface area contributed by atoms with E-state index in [1.807, 2.05) is 10.9 Å². The summed E-state index contributed by atoms with van der Waals surface area (Å²) in [6, 6.07) is 11.5. The molecule has 1 aromatic carbocycles. The van der Waals surface area contributed by atoms with Gasteiger partial charge in [0.15, 0.2) is 5.69 Å². The van der Waals surface area contributed by atoms with Gasteiger partial charge in [-0.05, 0) is 50.1 Å². The lowest BCUT2D eigenvalue weighted by atomic mass is 9.97. The van der Waals surface area contributed by atoms with Crippen LogP contribution < -0.4 is 5.32 Å². The van der Waals surface area contributed by atoms with E-state index in [4.69, 9.17) is 0 Å². The Balaban J connectivity index is 1.23. The smallest absolute Gasteiger partial charge is 0.273 e. The van der Waals surface area contributed by atoms with E-state index in [0.717, 1.165) is 45.3 Å². The average Bonchev–Trinajstić information content (AvgIpc) is 3.38. The Bertz CT molecular complexity index is 747. The van der Waals surface area contributed by atoms with Crippen molar-refractivity contribution in [2.75, 3.05) is 19.6 Å². The first kappa shape index (κ1) is 18.2. The largest absolute Gasteiger partial charge is 0.348 e. The van der Waals surface area contributed by atoms with Crippen LogP contribution >= 0.6 is 0 Å². The number of amides is 1. The summed E-state index contributed by atoms with van der Waals surface area (Å²) >= 11 is 0. The minimum Gasteiger partial charge on any atom is -0.348 e. The standard InChI is InChI=1S/C21H29N5O/c1-16(17-5-3-2-4-6-17)9-12-25-13-10-19(11-14-25)26-15-20(23-24-26)21(27)22-18-7-8-18/h2-6,15-16,18-19H,7-14H2,1H3,(H,22,27)/t16-/m0/s1. The third-order valence-corrected chi connectivity index (χ3v) is 5.83. The average molecular weight is 367 g/mol. The van der Waals surface area contributed by atoms with E-state index < -0.39 is 0 Å². The molecule has 1 aliphatic carbocycles. The molecule has 144 valence electrons. The van der Waals surface area contributed by atoms with Crippen LogP contribution in [0.5, 0.6) is 0 Å². The second-order valence-corrected chi connectivity index (χ2v) is 8.00. The Labute approximate surface area is 160 Å². The van der Waals surface area contributed by atoms with Gasteiger partial charge in [0, 0.05) is 19.1 Å². The van der Waals surface area contributed by atoms with Crippen LogP contribution in [0, 0.1) is 0 Å². The molecule has 1 N–H and O–H groups in total. The number of rotatable bonds is 7. The van der Waals surface area contributed by atoms with Crippen molar-refractivity contribution in [3.05, 3.63) is 47.8 Å². The third kappa shape index (κ3) is 4.75. The highest BCUT2D eigenvalue weighted by molar-refractivity contribution is 5.92. The fourth-order valence-electron chi connectivity index (χ4n) is 3.78. The summed E-state index contributed by atoms with van der Waals surface area (Å²) in [4.78, 5) is 14.6. The topological polar surface area (TPSA) is 63.1 Å². The predicted molar refractivity (Wildman–Crippen MR) is 105 cm³/mol. The number of piperidine rings is 1. The van der Waals surface area contributed by atoms with E-state index in [2.05, 4.69) is 57.8 Å². The zero-order valence-electron chi connectivity index (χ0n) is 16.1. The van der Waals surface area contributed by atoms with Crippen molar-refractivity contribution in [1.82, 2.24) is 25.2 Å². The van der Waals surface area contributed by atoms with Crippen LogP contribution in [0.15, 0.2) is 36.5 Å². The van der Waals surface area contributed by atoms with Gasteiger partial charge in [-0.15, -0.1) is 5.10 Å². The fraction of sp³-hybridized carbons (Fsp3) is 0.571. The Hall–Kier alpha value is -2.21. The van der Waals surface area contributed by atoms with E-state index in [1.54, 1.807) is 0 Å². The van der Waals surface area contributed by atoms with Crippen molar-refractivity contribution in [2.45, 2.75) is 57.0 Å². The molecule has 2 aliphatic rings. The zero-order chi connectivity index (χ0) is 18.6. The minimum atomic E-state index is -0.0870. The van der Waals surface area contributed by atoms with Crippen molar-refractivity contribution < 1.29 is 4.79 Å². The van der Waals surface area contributed by atoms with Gasteiger partial charge in [0.1, 0.15) is 0 Å². The summed E-state index contributed by atoms with van der Waals surface area (Å²) in [5.41, 5.74) is 1.87. The van der Waals surface area contributed by atoms with Crippen molar-refractivity contribution in [2.24, 2.45) is 0 Å². The molecule has 0 spiro atoms. The van der Waals surface area contributed by atoms with Gasteiger partial charge < -0.3 is 10.2 Å². The lowest BCUT2D eigenvalue weighted by molar-refractivity contribution is 0.0946. The zero-order valence-corrected chi connectivity index (χ0v) is 16.1. The molecule has 1 aliphatic heterocycles. The van der Waals surface area contributed by atoms with Crippen LogP contribution in [0.3, 0.4) is 0 Å². The van der Waals surface area contributed by atoms with Crippen LogP contribution in [-0.2, 0) is 0 Å². The van der Waals surface area contributed by atoms with E-state index >= 15 is 0 Å². The molecule has 0 radical (unpaired) electrons. The predicted octanol–water partition coefficient (Wildman–Crippen LogP) is 3.00. The van der Waals surface area contributed by atoms with Gasteiger partial charge in [0.2, 0.25) is 0 Å². The number of nitrogens with one attached hydrogen (secondary N) is 1. The van der Waals surface area contributed by atoms with Crippen LogP contribution in [-0.4, -0.2) is 51.5 Å². The molecular formula is C21H29N5O. The van der Waals surface area contributed by atoms with Gasteiger partial charge in [-0.1, -0.05) is 42.5 Å². The van der Waals surface area contributed by atoms with Gasteiger partial charge >= 0.3 is 0 Å². The SMILES string of the molecule is C[C@@H](CCN1CCC(n2cc(C(=O)NC3CC3)nn2)CC1)c1ccccc1. The van der Waals surface area contributed by atoms with Crippen molar-refractivity contribution in [3.8, 4) is 0 Å². The number of aromatic nitrogens is 3. The molecule has 1 atom stereocenters. The number of hydrogen-bond donors (Lipinski definition) is 1. The summed E-state index contributed by atoms with van der Waals surface area (Å²) in [5, 5.41) is 11.3. The number of likely N-dealkylation sites (tertiary alicyclic amines) is 1. The van der Waals surface area contributed by atoms with Crippen LogP contribution in [0.1, 0.15) is 67.0 Å². The Kier molecular flexibility index (Phi) is 5.53. The number of carbonyl (C=O) groups excluding carboxylic acids is 1. The van der Waals surface area contributed by atoms with Crippen molar-refractivity contribution >= 4 is 5.91 Å². The Morgan fingerprint density at radius 1 is 1.19 bits per heavy atom. The molecule has 27 heavy (non-hydrogen) atoms. The van der Waals surface area contributed by atoms with E-state index in [-0.39, 0.29) is 5.91 Å². The van der Waals surface area contributed by atoms with E-state index in [0.29, 0.717) is 23.7 Å². The first-order chi connectivity index (χ1) is 13.2. The molecule has 2 fully saturated rings. The third-order valence-electron chi connectivity index (χ3n) is 5.83. The van der Waals surface area contributed by atoms with Crippen LogP contribution in [0.2, 0.25) is 0 Å². The molecule has 2 aromatic rings. The molecule has 0 unspecified atom stereocenters. The second-order valence-electron chi connectivity index (χ2n) is 8.00. The highest BCUT2D eigenvalue weighted by Gasteiger charge is 2.26. The summed E-state index contributed by atoms with van der Waals surface area (Å²) in [7, 11) is 0. The molecule has 6 heteroatoms. The number of benzene rings is 1. The van der Waals surface area contributed by atoms with Gasteiger partial charge in [-0.25, -0.2) is 4.68 Å². The molecule has 1 amide bonds. The van der Waals surface area contributed by atoms with Crippen molar-refractivity contribution in [3.63, 3.8) is 0 Å². The number of hydrogen-bond acceptors (Lipinski definition) is 4.